The molecule has 0 spiro atoms. The lowest BCUT2D eigenvalue weighted by atomic mass is 10.0. The highest BCUT2D eigenvalue weighted by Crippen LogP contribution is 2.40. The first kappa shape index (κ1) is 25.6. The van der Waals surface area contributed by atoms with Crippen molar-refractivity contribution < 1.29 is 28.6 Å². The minimum absolute atomic E-state index is 0.0348. The number of hydrogen-bond acceptors (Lipinski definition) is 5. The maximum absolute atomic E-state index is 15.0. The van der Waals surface area contributed by atoms with Gasteiger partial charge in [-0.15, -0.1) is 0 Å². The molecule has 0 aromatic heterocycles. The number of carbonyl (C=O) groups is 2. The molecular weight excluding hydrogens is 504 g/mol. The molecule has 0 fully saturated rings. The second-order valence-electron chi connectivity index (χ2n) is 9.00. The number of nitrogens with zero attached hydrogens (tertiary/aromatic N) is 2. The molecule has 3 N–H and O–H groups in total. The number of aromatic carboxylic acids is 1. The van der Waals surface area contributed by atoms with E-state index < -0.39 is 23.5 Å². The van der Waals surface area contributed by atoms with Gasteiger partial charge in [0.2, 0.25) is 0 Å². The highest BCUT2D eigenvalue weighted by molar-refractivity contribution is 6.55. The number of phenols is 1. The van der Waals surface area contributed by atoms with Gasteiger partial charge in [-0.3, -0.25) is 15.1 Å². The van der Waals surface area contributed by atoms with Gasteiger partial charge in [-0.2, -0.15) is 5.10 Å². The van der Waals surface area contributed by atoms with Crippen molar-refractivity contribution in [1.82, 2.24) is 0 Å². The minimum Gasteiger partial charge on any atom is -0.505 e. The maximum atomic E-state index is 15.0. The highest BCUT2D eigenvalue weighted by atomic mass is 19.1. The van der Waals surface area contributed by atoms with Gasteiger partial charge in [0.25, 0.3) is 5.91 Å². The van der Waals surface area contributed by atoms with Crippen molar-refractivity contribution in [3.8, 4) is 16.9 Å². The number of halogens is 2. The summed E-state index contributed by atoms with van der Waals surface area (Å²) in [6, 6.07) is 19.6. The number of aryl methyl sites for hydroxylation is 1. The Morgan fingerprint density at radius 2 is 1.72 bits per heavy atom. The van der Waals surface area contributed by atoms with Gasteiger partial charge in [0.15, 0.2) is 11.5 Å². The van der Waals surface area contributed by atoms with Crippen LogP contribution in [0, 0.1) is 11.6 Å². The average Bonchev–Trinajstić information content (AvgIpc) is 3.20. The molecule has 1 aliphatic rings. The monoisotopic (exact) mass is 527 g/mol. The van der Waals surface area contributed by atoms with Crippen LogP contribution in [-0.4, -0.2) is 27.8 Å². The number of carbonyl (C=O) groups excluding carboxylic acids is 1. The quantitative estimate of drug-likeness (QED) is 0.189. The Hall–Kier alpha value is -5.05. The standard InChI is InChI=1S/C30H23F2N3O4/c1-2-5-17-10-12-21(13-11-17)35-27-23(15-20(31)16-24(27)32)26(29(35)37)34-33-25-9-4-8-22(28(25)36)18-6-3-7-19(14-18)30(38)39/h3-4,6-16,33,36H,2,5H2,1H3,(H,38,39)/b34-26-. The van der Waals surface area contributed by atoms with Crippen molar-refractivity contribution in [2.75, 3.05) is 10.3 Å². The second-order valence-corrected chi connectivity index (χ2v) is 9.00. The Morgan fingerprint density at radius 3 is 2.44 bits per heavy atom. The second kappa shape index (κ2) is 10.4. The fourth-order valence-electron chi connectivity index (χ4n) is 4.55. The van der Waals surface area contributed by atoms with Crippen LogP contribution in [0.15, 0.2) is 84.0 Å². The molecule has 0 unspecified atom stereocenters. The number of hydrogen-bond donors (Lipinski definition) is 3. The van der Waals surface area contributed by atoms with Gasteiger partial charge in [0.05, 0.1) is 16.9 Å². The van der Waals surface area contributed by atoms with Gasteiger partial charge >= 0.3 is 5.97 Å². The molecule has 1 heterocycles. The third kappa shape index (κ3) is 4.82. The molecule has 0 aliphatic carbocycles. The number of amides is 1. The Bertz CT molecular complexity index is 1630. The normalized spacial score (nSPS) is 13.6. The van der Waals surface area contributed by atoms with Crippen LogP contribution in [0.25, 0.3) is 11.1 Å². The van der Waals surface area contributed by atoms with Crippen LogP contribution in [0.2, 0.25) is 0 Å². The van der Waals surface area contributed by atoms with Gasteiger partial charge in [0, 0.05) is 22.9 Å². The molecule has 0 radical (unpaired) electrons. The lowest BCUT2D eigenvalue weighted by Gasteiger charge is -2.18. The molecule has 0 saturated heterocycles. The molecule has 5 rings (SSSR count). The number of fused-ring (bicyclic) bond motifs is 1. The summed E-state index contributed by atoms with van der Waals surface area (Å²) in [5.74, 6) is -3.81. The summed E-state index contributed by atoms with van der Waals surface area (Å²) in [7, 11) is 0. The van der Waals surface area contributed by atoms with Crippen molar-refractivity contribution in [3.63, 3.8) is 0 Å². The summed E-state index contributed by atoms with van der Waals surface area (Å²) in [5.41, 5.74) is 4.65. The number of rotatable bonds is 7. The first-order chi connectivity index (χ1) is 18.8. The molecule has 4 aromatic rings. The lowest BCUT2D eigenvalue weighted by Crippen LogP contribution is -2.26. The largest absolute Gasteiger partial charge is 0.505 e. The van der Waals surface area contributed by atoms with E-state index in [-0.39, 0.29) is 34.0 Å². The molecule has 0 saturated carbocycles. The maximum Gasteiger partial charge on any atom is 0.335 e. The summed E-state index contributed by atoms with van der Waals surface area (Å²) >= 11 is 0. The Balaban J connectivity index is 1.53. The zero-order valence-corrected chi connectivity index (χ0v) is 20.8. The van der Waals surface area contributed by atoms with Crippen molar-refractivity contribution in [2.45, 2.75) is 19.8 Å². The van der Waals surface area contributed by atoms with Crippen LogP contribution in [0.5, 0.6) is 5.75 Å². The molecule has 39 heavy (non-hydrogen) atoms. The molecule has 196 valence electrons. The summed E-state index contributed by atoms with van der Waals surface area (Å²) in [5, 5.41) is 24.3. The van der Waals surface area contributed by atoms with Gasteiger partial charge < -0.3 is 10.2 Å². The van der Waals surface area contributed by atoms with Gasteiger partial charge in [-0.05, 0) is 53.9 Å². The molecule has 0 atom stereocenters. The number of carboxylic acid groups (broad SMARTS) is 1. The smallest absolute Gasteiger partial charge is 0.335 e. The van der Waals surface area contributed by atoms with E-state index in [2.05, 4.69) is 17.5 Å². The summed E-state index contributed by atoms with van der Waals surface area (Å²) < 4.78 is 29.2. The molecule has 9 heteroatoms. The molecule has 4 aromatic carbocycles. The first-order valence-electron chi connectivity index (χ1n) is 12.2. The number of nitrogens with one attached hydrogen (secondary N) is 1. The van der Waals surface area contributed by atoms with E-state index in [1.165, 1.54) is 18.2 Å². The minimum atomic E-state index is -1.11. The van der Waals surface area contributed by atoms with E-state index >= 15 is 4.39 Å². The Labute approximate surface area is 222 Å². The number of phenolic OH excluding ortho intramolecular Hbond substituents is 1. The number of benzene rings is 4. The summed E-state index contributed by atoms with van der Waals surface area (Å²) in [4.78, 5) is 26.0. The average molecular weight is 528 g/mol. The number of para-hydroxylation sites is 1. The number of carboxylic acids is 1. The number of aromatic hydroxyl groups is 1. The molecular formula is C30H23F2N3O4. The SMILES string of the molecule is CCCc1ccc(N2C(=O)/C(=N\Nc3cccc(-c4cccc(C(=O)O)c4)c3O)c3cc(F)cc(F)c32)cc1. The van der Waals surface area contributed by atoms with E-state index in [0.717, 1.165) is 29.4 Å². The fraction of sp³-hybridized carbons (Fsp3) is 0.100. The van der Waals surface area contributed by atoms with Gasteiger partial charge in [-0.1, -0.05) is 49.7 Å². The van der Waals surface area contributed by atoms with Gasteiger partial charge in [0.1, 0.15) is 11.6 Å². The van der Waals surface area contributed by atoms with Crippen molar-refractivity contribution >= 4 is 34.7 Å². The first-order valence-corrected chi connectivity index (χ1v) is 12.2. The van der Waals surface area contributed by atoms with Crippen LogP contribution in [0.1, 0.15) is 34.8 Å². The van der Waals surface area contributed by atoms with Crippen molar-refractivity contribution in [3.05, 3.63) is 107 Å². The third-order valence-corrected chi connectivity index (χ3v) is 6.39. The van der Waals surface area contributed by atoms with Gasteiger partial charge in [-0.25, -0.2) is 13.6 Å². The summed E-state index contributed by atoms with van der Waals surface area (Å²) in [6.07, 6.45) is 1.80. The van der Waals surface area contributed by atoms with Crippen LogP contribution in [0.4, 0.5) is 25.8 Å². The zero-order chi connectivity index (χ0) is 27.7. The van der Waals surface area contributed by atoms with E-state index in [0.29, 0.717) is 22.9 Å². The highest BCUT2D eigenvalue weighted by Gasteiger charge is 2.38. The molecule has 1 amide bonds. The predicted molar refractivity (Wildman–Crippen MR) is 145 cm³/mol. The Morgan fingerprint density at radius 1 is 0.974 bits per heavy atom. The topological polar surface area (TPSA) is 102 Å². The van der Waals surface area contributed by atoms with E-state index in [1.807, 2.05) is 12.1 Å². The zero-order valence-electron chi connectivity index (χ0n) is 20.8. The lowest BCUT2D eigenvalue weighted by molar-refractivity contribution is -0.111. The van der Waals surface area contributed by atoms with E-state index in [9.17, 15) is 24.2 Å². The third-order valence-electron chi connectivity index (χ3n) is 6.39. The Kier molecular flexibility index (Phi) is 6.81. The molecule has 7 nitrogen and oxygen atoms in total. The van der Waals surface area contributed by atoms with Crippen LogP contribution in [-0.2, 0) is 11.2 Å². The van der Waals surface area contributed by atoms with E-state index in [1.54, 1.807) is 36.4 Å². The molecule has 0 bridgehead atoms. The van der Waals surface area contributed by atoms with Crippen LogP contribution >= 0.6 is 0 Å². The summed E-state index contributed by atoms with van der Waals surface area (Å²) in [6.45, 7) is 2.05. The number of anilines is 3. The van der Waals surface area contributed by atoms with Crippen molar-refractivity contribution in [1.29, 1.82) is 0 Å². The van der Waals surface area contributed by atoms with Crippen LogP contribution in [0.3, 0.4) is 0 Å². The fourth-order valence-corrected chi connectivity index (χ4v) is 4.55. The molecule has 1 aliphatic heterocycles. The predicted octanol–water partition coefficient (Wildman–Crippen LogP) is 6.48. The van der Waals surface area contributed by atoms with Crippen molar-refractivity contribution in [2.24, 2.45) is 5.10 Å². The van der Waals surface area contributed by atoms with E-state index in [4.69, 9.17) is 0 Å². The van der Waals surface area contributed by atoms with Crippen LogP contribution < -0.4 is 10.3 Å². The number of hydrazone groups is 1.